The number of aryl methyl sites for hydroxylation is 3. The van der Waals surface area contributed by atoms with E-state index in [0.717, 1.165) is 38.8 Å². The summed E-state index contributed by atoms with van der Waals surface area (Å²) >= 11 is 0. The van der Waals surface area contributed by atoms with Crippen molar-refractivity contribution in [1.29, 1.82) is 0 Å². The molecule has 0 saturated heterocycles. The number of carbonyl (C=O) groups is 1. The molecule has 1 atom stereocenters. The number of methoxy groups -OCH3 is 1. The molecule has 0 radical (unpaired) electrons. The molecule has 0 bridgehead atoms. The maximum absolute atomic E-state index is 12.8. The van der Waals surface area contributed by atoms with Crippen molar-refractivity contribution in [2.45, 2.75) is 40.7 Å². The molecular formula is C26H32N4O4S. The van der Waals surface area contributed by atoms with Gasteiger partial charge in [0, 0.05) is 22.6 Å². The second kappa shape index (κ2) is 10.4. The lowest BCUT2D eigenvalue weighted by molar-refractivity contribution is -0.121. The lowest BCUT2D eigenvalue weighted by Gasteiger charge is -2.27. The SMILES string of the molecule is COc1ccc(N([C@@H](C)C(=O)N/N=C\c2cc(C)n(-c3ccc(C)cc3C)c2C)S(C)(=O)=O)cc1. The molecule has 1 aromatic heterocycles. The smallest absolute Gasteiger partial charge is 0.263 e. The molecule has 1 N–H and O–H groups in total. The third-order valence-corrected chi connectivity index (χ3v) is 7.10. The number of ether oxygens (including phenoxy) is 1. The number of sulfonamides is 1. The van der Waals surface area contributed by atoms with E-state index in [1.165, 1.54) is 19.6 Å². The Bertz CT molecular complexity index is 1360. The molecule has 186 valence electrons. The van der Waals surface area contributed by atoms with E-state index < -0.39 is 22.0 Å². The van der Waals surface area contributed by atoms with Crippen molar-refractivity contribution in [3.8, 4) is 11.4 Å². The lowest BCUT2D eigenvalue weighted by Crippen LogP contribution is -2.46. The molecule has 3 rings (SSSR count). The van der Waals surface area contributed by atoms with E-state index in [4.69, 9.17) is 4.74 Å². The predicted molar refractivity (Wildman–Crippen MR) is 140 cm³/mol. The fourth-order valence-corrected chi connectivity index (χ4v) is 5.32. The highest BCUT2D eigenvalue weighted by Crippen LogP contribution is 2.25. The Labute approximate surface area is 207 Å². The minimum atomic E-state index is -3.73. The van der Waals surface area contributed by atoms with Crippen molar-refractivity contribution in [2.24, 2.45) is 5.10 Å². The Kier molecular flexibility index (Phi) is 7.70. The van der Waals surface area contributed by atoms with Crippen molar-refractivity contribution in [2.75, 3.05) is 17.7 Å². The van der Waals surface area contributed by atoms with E-state index in [1.807, 2.05) is 19.9 Å². The van der Waals surface area contributed by atoms with E-state index in [1.54, 1.807) is 30.5 Å². The molecule has 0 unspecified atom stereocenters. The summed E-state index contributed by atoms with van der Waals surface area (Å²) in [5, 5.41) is 4.11. The van der Waals surface area contributed by atoms with Crippen LogP contribution in [0.3, 0.4) is 0 Å². The van der Waals surface area contributed by atoms with Gasteiger partial charge in [-0.15, -0.1) is 0 Å². The van der Waals surface area contributed by atoms with E-state index in [-0.39, 0.29) is 0 Å². The van der Waals surface area contributed by atoms with Gasteiger partial charge in [0.05, 0.1) is 25.3 Å². The highest BCUT2D eigenvalue weighted by atomic mass is 32.2. The zero-order valence-electron chi connectivity index (χ0n) is 21.2. The van der Waals surface area contributed by atoms with Crippen LogP contribution in [0.2, 0.25) is 0 Å². The van der Waals surface area contributed by atoms with Crippen LogP contribution in [-0.4, -0.2) is 44.5 Å². The Morgan fingerprint density at radius 2 is 1.74 bits per heavy atom. The average molecular weight is 497 g/mol. The van der Waals surface area contributed by atoms with E-state index in [2.05, 4.69) is 47.1 Å². The van der Waals surface area contributed by atoms with Gasteiger partial charge in [0.15, 0.2) is 0 Å². The molecule has 0 saturated carbocycles. The minimum absolute atomic E-state index is 0.358. The van der Waals surface area contributed by atoms with E-state index in [0.29, 0.717) is 11.4 Å². The Morgan fingerprint density at radius 1 is 1.09 bits per heavy atom. The van der Waals surface area contributed by atoms with Crippen LogP contribution in [0.15, 0.2) is 53.6 Å². The predicted octanol–water partition coefficient (Wildman–Crippen LogP) is 4.02. The first kappa shape index (κ1) is 26.0. The number of hydrogen-bond donors (Lipinski definition) is 1. The van der Waals surface area contributed by atoms with Gasteiger partial charge in [0.2, 0.25) is 10.0 Å². The third-order valence-electron chi connectivity index (χ3n) is 5.86. The average Bonchev–Trinajstić information content (AvgIpc) is 3.06. The summed E-state index contributed by atoms with van der Waals surface area (Å²) in [7, 11) is -2.20. The second-order valence-electron chi connectivity index (χ2n) is 8.62. The first-order valence-electron chi connectivity index (χ1n) is 11.2. The summed E-state index contributed by atoms with van der Waals surface area (Å²) in [4.78, 5) is 12.8. The fourth-order valence-electron chi connectivity index (χ4n) is 4.14. The standard InChI is InChI=1S/C26H32N4O4S/c1-17-8-13-25(18(2)14-17)29-19(3)15-22(20(29)4)16-27-28-26(31)21(5)30(35(7,32)33)23-9-11-24(34-6)12-10-23/h8-16,21H,1-7H3,(H,28,31)/b27-16-/t21-/m0/s1. The van der Waals surface area contributed by atoms with E-state index in [9.17, 15) is 13.2 Å². The van der Waals surface area contributed by atoms with Crippen LogP contribution in [-0.2, 0) is 14.8 Å². The summed E-state index contributed by atoms with van der Waals surface area (Å²) in [5.41, 5.74) is 9.17. The minimum Gasteiger partial charge on any atom is -0.497 e. The molecule has 0 aliphatic heterocycles. The van der Waals surface area contributed by atoms with Crippen molar-refractivity contribution in [1.82, 2.24) is 9.99 Å². The number of rotatable bonds is 8. The van der Waals surface area contributed by atoms with Crippen molar-refractivity contribution < 1.29 is 17.9 Å². The van der Waals surface area contributed by atoms with Gasteiger partial charge in [-0.05, 0) is 76.6 Å². The molecule has 9 heteroatoms. The number of hydrazone groups is 1. The van der Waals surface area contributed by atoms with Gasteiger partial charge in [-0.2, -0.15) is 5.10 Å². The molecule has 35 heavy (non-hydrogen) atoms. The van der Waals surface area contributed by atoms with Crippen LogP contribution < -0.4 is 14.5 Å². The Morgan fingerprint density at radius 3 is 2.31 bits per heavy atom. The number of amides is 1. The second-order valence-corrected chi connectivity index (χ2v) is 10.5. The van der Waals surface area contributed by atoms with Gasteiger partial charge in [0.25, 0.3) is 5.91 Å². The quantitative estimate of drug-likeness (QED) is 0.377. The molecule has 0 fully saturated rings. The highest BCUT2D eigenvalue weighted by molar-refractivity contribution is 7.92. The van der Waals surface area contributed by atoms with Crippen LogP contribution in [0.5, 0.6) is 5.75 Å². The van der Waals surface area contributed by atoms with Gasteiger partial charge < -0.3 is 9.30 Å². The monoisotopic (exact) mass is 496 g/mol. The summed E-state index contributed by atoms with van der Waals surface area (Å²) in [6.45, 7) is 9.67. The Balaban J connectivity index is 1.80. The summed E-state index contributed by atoms with van der Waals surface area (Å²) in [6, 6.07) is 13.8. The van der Waals surface area contributed by atoms with Crippen LogP contribution in [0.25, 0.3) is 5.69 Å². The molecule has 3 aromatic rings. The number of hydrogen-bond acceptors (Lipinski definition) is 5. The molecule has 8 nitrogen and oxygen atoms in total. The van der Waals surface area contributed by atoms with Gasteiger partial charge in [-0.3, -0.25) is 9.10 Å². The molecular weight excluding hydrogens is 464 g/mol. The molecule has 0 aliphatic rings. The van der Waals surface area contributed by atoms with Crippen LogP contribution in [0, 0.1) is 27.7 Å². The van der Waals surface area contributed by atoms with Crippen LogP contribution in [0.1, 0.15) is 35.0 Å². The zero-order valence-corrected chi connectivity index (χ0v) is 22.0. The largest absolute Gasteiger partial charge is 0.497 e. The summed E-state index contributed by atoms with van der Waals surface area (Å²) in [5.74, 6) is 0.0352. The lowest BCUT2D eigenvalue weighted by atomic mass is 10.1. The summed E-state index contributed by atoms with van der Waals surface area (Å²) in [6.07, 6.45) is 2.64. The van der Waals surface area contributed by atoms with Crippen molar-refractivity contribution in [3.05, 3.63) is 76.6 Å². The number of nitrogens with one attached hydrogen (secondary N) is 1. The van der Waals surface area contributed by atoms with Gasteiger partial charge in [-0.25, -0.2) is 13.8 Å². The molecule has 0 aliphatic carbocycles. The number of nitrogens with zero attached hydrogens (tertiary/aromatic N) is 3. The molecule has 0 spiro atoms. The van der Waals surface area contributed by atoms with Crippen LogP contribution >= 0.6 is 0 Å². The fraction of sp³-hybridized carbons (Fsp3) is 0.308. The molecule has 1 heterocycles. The highest BCUT2D eigenvalue weighted by Gasteiger charge is 2.29. The van der Waals surface area contributed by atoms with Crippen molar-refractivity contribution in [3.63, 3.8) is 0 Å². The topological polar surface area (TPSA) is 93.0 Å². The van der Waals surface area contributed by atoms with Gasteiger partial charge >= 0.3 is 0 Å². The normalized spacial score (nSPS) is 12.5. The van der Waals surface area contributed by atoms with E-state index >= 15 is 0 Å². The maximum atomic E-state index is 12.8. The Hall–Kier alpha value is -3.59. The molecule has 1 amide bonds. The van der Waals surface area contributed by atoms with Gasteiger partial charge in [-0.1, -0.05) is 17.7 Å². The van der Waals surface area contributed by atoms with Crippen LogP contribution in [0.4, 0.5) is 5.69 Å². The number of anilines is 1. The summed E-state index contributed by atoms with van der Waals surface area (Å²) < 4.78 is 33.3. The third kappa shape index (κ3) is 5.74. The first-order valence-corrected chi connectivity index (χ1v) is 13.0. The molecule has 2 aromatic carbocycles. The zero-order chi connectivity index (χ0) is 25.9. The first-order chi connectivity index (χ1) is 16.4. The number of aromatic nitrogens is 1. The number of benzene rings is 2. The van der Waals surface area contributed by atoms with Gasteiger partial charge in [0.1, 0.15) is 11.8 Å². The van der Waals surface area contributed by atoms with Crippen molar-refractivity contribution >= 4 is 27.8 Å². The number of carbonyl (C=O) groups excluding carboxylic acids is 1. The maximum Gasteiger partial charge on any atom is 0.263 e.